The van der Waals surface area contributed by atoms with Gasteiger partial charge in [-0.05, 0) is 36.4 Å². The van der Waals surface area contributed by atoms with Crippen LogP contribution in [-0.2, 0) is 18.9 Å². The molecule has 12 heteroatoms. The molecule has 39 heavy (non-hydrogen) atoms. The summed E-state index contributed by atoms with van der Waals surface area (Å²) < 4.78 is 21.7. The molecule has 3 amide bonds. The zero-order valence-corrected chi connectivity index (χ0v) is 20.5. The summed E-state index contributed by atoms with van der Waals surface area (Å²) in [4.78, 5) is 38.1. The van der Waals surface area contributed by atoms with Crippen LogP contribution in [0.1, 0.15) is 0 Å². The topological polar surface area (TPSA) is 165 Å². The van der Waals surface area contributed by atoms with Crippen LogP contribution in [0.5, 0.6) is 0 Å². The van der Waals surface area contributed by atoms with Crippen LogP contribution in [0.25, 0.3) is 0 Å². The zero-order valence-electron chi connectivity index (χ0n) is 20.5. The van der Waals surface area contributed by atoms with E-state index in [0.29, 0.717) is 17.1 Å². The van der Waals surface area contributed by atoms with Crippen LogP contribution in [-0.4, -0.2) is 65.8 Å². The first kappa shape index (κ1) is 27.4. The SMILES string of the molecule is O=C(Nc1ccccc1)O[C@@H]1[C@@H](OC(=O)Nc2ccccc2)[C@H](O)O[C@H](CO)[C@H]1OC(=O)Nc1ccccc1. The molecule has 1 saturated heterocycles. The van der Waals surface area contributed by atoms with Crippen molar-refractivity contribution in [3.63, 3.8) is 0 Å². The summed E-state index contributed by atoms with van der Waals surface area (Å²) in [6, 6.07) is 25.1. The summed E-state index contributed by atoms with van der Waals surface area (Å²) in [6.07, 6.45) is -10.8. The number of para-hydroxylation sites is 3. The van der Waals surface area contributed by atoms with Crippen molar-refractivity contribution in [2.24, 2.45) is 0 Å². The summed E-state index contributed by atoms with van der Waals surface area (Å²) in [5.74, 6) is 0. The fourth-order valence-corrected chi connectivity index (χ4v) is 3.82. The van der Waals surface area contributed by atoms with E-state index in [-0.39, 0.29) is 0 Å². The fourth-order valence-electron chi connectivity index (χ4n) is 3.82. The van der Waals surface area contributed by atoms with E-state index in [0.717, 1.165) is 0 Å². The molecule has 0 radical (unpaired) electrons. The molecule has 204 valence electrons. The number of aliphatic hydroxyl groups excluding tert-OH is 2. The molecule has 3 aromatic carbocycles. The Labute approximate surface area is 223 Å². The van der Waals surface area contributed by atoms with E-state index in [2.05, 4.69) is 16.0 Å². The Morgan fingerprint density at radius 2 is 0.974 bits per heavy atom. The number of aliphatic hydroxyl groups is 2. The zero-order chi connectivity index (χ0) is 27.6. The van der Waals surface area contributed by atoms with Crippen LogP contribution < -0.4 is 16.0 Å². The lowest BCUT2D eigenvalue weighted by molar-refractivity contribution is -0.282. The van der Waals surface area contributed by atoms with Crippen LogP contribution in [0.2, 0.25) is 0 Å². The molecule has 1 aliphatic heterocycles. The minimum absolute atomic E-state index is 0.396. The van der Waals surface area contributed by atoms with Gasteiger partial charge >= 0.3 is 18.3 Å². The van der Waals surface area contributed by atoms with Gasteiger partial charge in [0, 0.05) is 17.1 Å². The molecule has 0 saturated carbocycles. The molecule has 5 N–H and O–H groups in total. The smallest absolute Gasteiger partial charge is 0.412 e. The molecule has 12 nitrogen and oxygen atoms in total. The monoisotopic (exact) mass is 537 g/mol. The van der Waals surface area contributed by atoms with Crippen molar-refractivity contribution in [1.29, 1.82) is 0 Å². The predicted octanol–water partition coefficient (Wildman–Crippen LogP) is 3.55. The third kappa shape index (κ3) is 7.68. The van der Waals surface area contributed by atoms with Crippen molar-refractivity contribution in [2.45, 2.75) is 30.7 Å². The number of rotatable bonds is 7. The number of benzene rings is 3. The van der Waals surface area contributed by atoms with Crippen molar-refractivity contribution in [2.75, 3.05) is 22.6 Å². The molecule has 0 aliphatic carbocycles. The quantitative estimate of drug-likeness (QED) is 0.283. The Bertz CT molecular complexity index is 1230. The second kappa shape index (κ2) is 13.2. The predicted molar refractivity (Wildman–Crippen MR) is 139 cm³/mol. The molecular weight excluding hydrogens is 510 g/mol. The standard InChI is InChI=1S/C27H27N3O9/c31-16-20-21(37-25(33)28-17-10-4-1-5-11-17)22(38-26(34)29-18-12-6-2-7-13-18)23(24(32)36-20)39-27(35)30-19-14-8-3-9-15-19/h1-15,20-24,31-32H,16H2,(H,28,33)(H,29,34)(H,30,35)/t20-,21-,22+,23-,24-/m1/s1. The van der Waals surface area contributed by atoms with E-state index in [4.69, 9.17) is 18.9 Å². The molecule has 0 aromatic heterocycles. The number of anilines is 3. The number of carbonyl (C=O) groups excluding carboxylic acids is 3. The first-order valence-corrected chi connectivity index (χ1v) is 12.0. The molecule has 0 spiro atoms. The van der Waals surface area contributed by atoms with Gasteiger partial charge in [-0.25, -0.2) is 14.4 Å². The number of carbonyl (C=O) groups is 3. The van der Waals surface area contributed by atoms with Gasteiger partial charge in [-0.2, -0.15) is 0 Å². The molecule has 1 heterocycles. The highest BCUT2D eigenvalue weighted by Crippen LogP contribution is 2.28. The highest BCUT2D eigenvalue weighted by molar-refractivity contribution is 5.86. The fraction of sp³-hybridized carbons (Fsp3) is 0.222. The van der Waals surface area contributed by atoms with Gasteiger partial charge in [-0.15, -0.1) is 0 Å². The highest BCUT2D eigenvalue weighted by atomic mass is 16.7. The second-order valence-corrected chi connectivity index (χ2v) is 8.33. The first-order valence-electron chi connectivity index (χ1n) is 12.0. The Hall–Kier alpha value is -4.65. The number of nitrogens with one attached hydrogen (secondary N) is 3. The van der Waals surface area contributed by atoms with E-state index in [1.807, 2.05) is 0 Å². The maximum absolute atomic E-state index is 12.8. The van der Waals surface area contributed by atoms with Crippen LogP contribution in [0.15, 0.2) is 91.0 Å². The average molecular weight is 538 g/mol. The van der Waals surface area contributed by atoms with Gasteiger partial charge in [-0.3, -0.25) is 16.0 Å². The van der Waals surface area contributed by atoms with E-state index in [1.165, 1.54) is 0 Å². The third-order valence-electron chi connectivity index (χ3n) is 5.58. The van der Waals surface area contributed by atoms with Crippen LogP contribution >= 0.6 is 0 Å². The van der Waals surface area contributed by atoms with Crippen molar-refractivity contribution in [3.8, 4) is 0 Å². The lowest BCUT2D eigenvalue weighted by Gasteiger charge is -2.42. The van der Waals surface area contributed by atoms with Crippen LogP contribution in [0.4, 0.5) is 31.4 Å². The van der Waals surface area contributed by atoms with Crippen molar-refractivity contribution in [1.82, 2.24) is 0 Å². The van der Waals surface area contributed by atoms with Gasteiger partial charge in [0.1, 0.15) is 6.10 Å². The number of hydrogen-bond donors (Lipinski definition) is 5. The van der Waals surface area contributed by atoms with Crippen molar-refractivity contribution in [3.05, 3.63) is 91.0 Å². The number of hydrogen-bond acceptors (Lipinski definition) is 9. The van der Waals surface area contributed by atoms with E-state index < -0.39 is 55.6 Å². The van der Waals surface area contributed by atoms with Gasteiger partial charge in [0.05, 0.1) is 6.61 Å². The first-order chi connectivity index (χ1) is 18.9. The van der Waals surface area contributed by atoms with Gasteiger partial charge in [0.25, 0.3) is 0 Å². The van der Waals surface area contributed by atoms with E-state index in [1.54, 1.807) is 91.0 Å². The van der Waals surface area contributed by atoms with Crippen molar-refractivity contribution < 1.29 is 43.5 Å². The third-order valence-corrected chi connectivity index (χ3v) is 5.58. The Morgan fingerprint density at radius 3 is 1.36 bits per heavy atom. The summed E-state index contributed by atoms with van der Waals surface area (Å²) in [6.45, 7) is -0.719. The highest BCUT2D eigenvalue weighted by Gasteiger charge is 2.52. The van der Waals surface area contributed by atoms with Gasteiger partial charge in [0.15, 0.2) is 24.6 Å². The van der Waals surface area contributed by atoms with Gasteiger partial charge in [-0.1, -0.05) is 54.6 Å². The number of ether oxygens (including phenoxy) is 4. The van der Waals surface area contributed by atoms with Crippen LogP contribution in [0, 0.1) is 0 Å². The molecule has 3 aromatic rings. The van der Waals surface area contributed by atoms with E-state index >= 15 is 0 Å². The van der Waals surface area contributed by atoms with E-state index in [9.17, 15) is 24.6 Å². The second-order valence-electron chi connectivity index (χ2n) is 8.33. The molecule has 1 aliphatic rings. The van der Waals surface area contributed by atoms with Crippen molar-refractivity contribution >= 4 is 35.3 Å². The Balaban J connectivity index is 1.56. The minimum Gasteiger partial charge on any atom is -0.439 e. The normalized spacial score (nSPS) is 22.2. The summed E-state index contributed by atoms with van der Waals surface area (Å²) >= 11 is 0. The molecule has 4 rings (SSSR count). The molecule has 0 bridgehead atoms. The van der Waals surface area contributed by atoms with Gasteiger partial charge in [0.2, 0.25) is 0 Å². The maximum Gasteiger partial charge on any atom is 0.412 e. The molecule has 0 unspecified atom stereocenters. The lowest BCUT2D eigenvalue weighted by atomic mass is 9.98. The molecular formula is C27H27N3O9. The Morgan fingerprint density at radius 1 is 0.615 bits per heavy atom. The summed E-state index contributed by atoms with van der Waals surface area (Å²) in [5.41, 5.74) is 1.21. The summed E-state index contributed by atoms with van der Waals surface area (Å²) in [7, 11) is 0. The largest absolute Gasteiger partial charge is 0.439 e. The van der Waals surface area contributed by atoms with Crippen LogP contribution in [0.3, 0.4) is 0 Å². The lowest BCUT2D eigenvalue weighted by Crippen LogP contribution is -2.62. The average Bonchev–Trinajstić information content (AvgIpc) is 2.93. The molecule has 1 fully saturated rings. The molecule has 5 atom stereocenters. The van der Waals surface area contributed by atoms with Gasteiger partial charge < -0.3 is 29.2 Å². The number of amides is 3. The minimum atomic E-state index is -1.84. The summed E-state index contributed by atoms with van der Waals surface area (Å²) in [5, 5.41) is 28.0. The maximum atomic E-state index is 12.8. The Kier molecular flexibility index (Phi) is 9.29.